The van der Waals surface area contributed by atoms with Gasteiger partial charge in [-0.05, 0) is 25.0 Å². The molecule has 2 N–H and O–H groups in total. The van der Waals surface area contributed by atoms with Gasteiger partial charge in [-0.2, -0.15) is 0 Å². The third-order valence-electron chi connectivity index (χ3n) is 3.15. The molecule has 0 saturated heterocycles. The van der Waals surface area contributed by atoms with Gasteiger partial charge in [0.1, 0.15) is 5.82 Å². The summed E-state index contributed by atoms with van der Waals surface area (Å²) in [6, 6.07) is 6.14. The van der Waals surface area contributed by atoms with E-state index in [1.807, 2.05) is 0 Å². The third kappa shape index (κ3) is 1.91. The highest BCUT2D eigenvalue weighted by atomic mass is 32.1. The molecule has 0 aliphatic heterocycles. The molecule has 0 atom stereocenters. The number of carbonyl (C=O) groups is 1. The second-order valence-electron chi connectivity index (χ2n) is 4.26. The van der Waals surface area contributed by atoms with E-state index in [0.717, 1.165) is 0 Å². The van der Waals surface area contributed by atoms with E-state index >= 15 is 0 Å². The highest BCUT2D eigenvalue weighted by molar-refractivity contribution is 7.80. The zero-order valence-corrected chi connectivity index (χ0v) is 10.3. The van der Waals surface area contributed by atoms with Crippen LogP contribution in [0.3, 0.4) is 0 Å². The molecule has 1 aromatic rings. The average Bonchev–Trinajstić information content (AvgIpc) is 3.09. The first-order valence-corrected chi connectivity index (χ1v) is 5.72. The van der Waals surface area contributed by atoms with Crippen LogP contribution in [0.4, 0.5) is 10.1 Å². The summed E-state index contributed by atoms with van der Waals surface area (Å²) in [6.07, 6.45) is 1.31. The lowest BCUT2D eigenvalue weighted by molar-refractivity contribution is -0.121. The fourth-order valence-electron chi connectivity index (χ4n) is 1.84. The molecular formula is C12H13FN2OS. The predicted octanol–water partition coefficient (Wildman–Crippen LogP) is 1.85. The molecular weight excluding hydrogens is 239 g/mol. The number of hydrogen-bond donors (Lipinski definition) is 1. The molecule has 0 spiro atoms. The molecule has 1 aromatic carbocycles. The Hall–Kier alpha value is -1.49. The molecule has 1 aliphatic rings. The van der Waals surface area contributed by atoms with Crippen LogP contribution in [0, 0.1) is 11.2 Å². The molecule has 5 heteroatoms. The van der Waals surface area contributed by atoms with Crippen LogP contribution in [0.2, 0.25) is 0 Å². The van der Waals surface area contributed by atoms with Gasteiger partial charge in [0, 0.05) is 7.05 Å². The number of carbonyl (C=O) groups excluding carboxylic acids is 1. The Kier molecular flexibility index (Phi) is 2.87. The van der Waals surface area contributed by atoms with Crippen LogP contribution in [-0.2, 0) is 4.79 Å². The van der Waals surface area contributed by atoms with Gasteiger partial charge < -0.3 is 10.6 Å². The lowest BCUT2D eigenvalue weighted by Gasteiger charge is -2.23. The normalized spacial score (nSPS) is 16.4. The molecule has 17 heavy (non-hydrogen) atoms. The van der Waals surface area contributed by atoms with Crippen molar-refractivity contribution in [3.63, 3.8) is 0 Å². The standard InChI is InChI=1S/C12H13FN2OS/c1-15(9-5-3-2-4-8(9)13)11(16)12(6-7-12)10(14)17/h2-5H,6-7H2,1H3,(H2,14,17). The van der Waals surface area contributed by atoms with Crippen LogP contribution >= 0.6 is 12.2 Å². The number of thiocarbonyl (C=S) groups is 1. The number of amides is 1. The van der Waals surface area contributed by atoms with Gasteiger partial charge in [0.25, 0.3) is 0 Å². The molecule has 1 saturated carbocycles. The van der Waals surface area contributed by atoms with E-state index in [-0.39, 0.29) is 16.6 Å². The lowest BCUT2D eigenvalue weighted by Crippen LogP contribution is -2.41. The third-order valence-corrected chi connectivity index (χ3v) is 3.54. The van der Waals surface area contributed by atoms with Gasteiger partial charge in [0.05, 0.1) is 16.1 Å². The van der Waals surface area contributed by atoms with E-state index in [1.54, 1.807) is 25.2 Å². The van der Waals surface area contributed by atoms with E-state index in [0.29, 0.717) is 12.8 Å². The van der Waals surface area contributed by atoms with Crippen LogP contribution in [0.1, 0.15) is 12.8 Å². The van der Waals surface area contributed by atoms with Crippen molar-refractivity contribution in [3.8, 4) is 0 Å². The number of para-hydroxylation sites is 1. The smallest absolute Gasteiger partial charge is 0.239 e. The Morgan fingerprint density at radius 1 is 1.47 bits per heavy atom. The van der Waals surface area contributed by atoms with E-state index in [4.69, 9.17) is 18.0 Å². The number of hydrogen-bond acceptors (Lipinski definition) is 2. The molecule has 0 bridgehead atoms. The van der Waals surface area contributed by atoms with Gasteiger partial charge in [0.15, 0.2) is 0 Å². The second kappa shape index (κ2) is 4.07. The summed E-state index contributed by atoms with van der Waals surface area (Å²) in [6.45, 7) is 0. The van der Waals surface area contributed by atoms with Crippen molar-refractivity contribution in [1.29, 1.82) is 0 Å². The average molecular weight is 252 g/mol. The van der Waals surface area contributed by atoms with E-state index in [9.17, 15) is 9.18 Å². The minimum atomic E-state index is -0.744. The minimum absolute atomic E-state index is 0.200. The molecule has 1 fully saturated rings. The maximum atomic E-state index is 13.6. The van der Waals surface area contributed by atoms with Crippen molar-refractivity contribution >= 4 is 28.8 Å². The Morgan fingerprint density at radius 2 is 2.06 bits per heavy atom. The van der Waals surface area contributed by atoms with Crippen molar-refractivity contribution in [2.24, 2.45) is 11.1 Å². The largest absolute Gasteiger partial charge is 0.392 e. The lowest BCUT2D eigenvalue weighted by atomic mass is 10.1. The number of rotatable bonds is 3. The minimum Gasteiger partial charge on any atom is -0.392 e. The summed E-state index contributed by atoms with van der Waals surface area (Å²) < 4.78 is 13.6. The van der Waals surface area contributed by atoms with Gasteiger partial charge in [-0.3, -0.25) is 4.79 Å². The zero-order chi connectivity index (χ0) is 12.6. The number of nitrogens with two attached hydrogens (primary N) is 1. The first-order chi connectivity index (χ1) is 7.99. The van der Waals surface area contributed by atoms with Crippen LogP contribution < -0.4 is 10.6 Å². The predicted molar refractivity (Wildman–Crippen MR) is 68.3 cm³/mol. The number of benzene rings is 1. The molecule has 0 unspecified atom stereocenters. The molecule has 3 nitrogen and oxygen atoms in total. The zero-order valence-electron chi connectivity index (χ0n) is 9.44. The summed E-state index contributed by atoms with van der Waals surface area (Å²) in [5, 5.41) is 0. The van der Waals surface area contributed by atoms with Gasteiger partial charge in [-0.15, -0.1) is 0 Å². The molecule has 0 heterocycles. The van der Waals surface area contributed by atoms with Gasteiger partial charge in [-0.1, -0.05) is 24.4 Å². The molecule has 90 valence electrons. The first-order valence-electron chi connectivity index (χ1n) is 5.31. The van der Waals surface area contributed by atoms with E-state index < -0.39 is 11.2 Å². The highest BCUT2D eigenvalue weighted by Crippen LogP contribution is 2.48. The van der Waals surface area contributed by atoms with Gasteiger partial charge >= 0.3 is 0 Å². The van der Waals surface area contributed by atoms with Crippen LogP contribution in [0.25, 0.3) is 0 Å². The first kappa shape index (κ1) is 12.0. The summed E-state index contributed by atoms with van der Waals surface area (Å²) in [7, 11) is 1.54. The maximum absolute atomic E-state index is 13.6. The molecule has 1 aliphatic carbocycles. The number of anilines is 1. The number of nitrogens with zero attached hydrogens (tertiary/aromatic N) is 1. The van der Waals surface area contributed by atoms with Gasteiger partial charge in [0.2, 0.25) is 5.91 Å². The molecule has 2 rings (SSSR count). The fourth-order valence-corrected chi connectivity index (χ4v) is 2.14. The molecule has 0 aromatic heterocycles. The topological polar surface area (TPSA) is 46.3 Å². The summed E-state index contributed by atoms with van der Waals surface area (Å²) in [4.78, 5) is 13.7. The maximum Gasteiger partial charge on any atom is 0.239 e. The van der Waals surface area contributed by atoms with Crippen molar-refractivity contribution in [3.05, 3.63) is 30.1 Å². The van der Waals surface area contributed by atoms with E-state index in [2.05, 4.69) is 0 Å². The summed E-state index contributed by atoms with van der Waals surface area (Å²) in [5.41, 5.74) is 5.08. The van der Waals surface area contributed by atoms with Crippen LogP contribution in [0.15, 0.2) is 24.3 Å². The summed E-state index contributed by atoms with van der Waals surface area (Å²) in [5.74, 6) is -0.655. The Labute approximate surface area is 104 Å². The Bertz CT molecular complexity index is 485. The van der Waals surface area contributed by atoms with Gasteiger partial charge in [-0.25, -0.2) is 4.39 Å². The van der Waals surface area contributed by atoms with Crippen molar-refractivity contribution in [1.82, 2.24) is 0 Å². The van der Waals surface area contributed by atoms with Crippen molar-refractivity contribution < 1.29 is 9.18 Å². The highest BCUT2D eigenvalue weighted by Gasteiger charge is 2.54. The quantitative estimate of drug-likeness (QED) is 0.835. The van der Waals surface area contributed by atoms with Crippen molar-refractivity contribution in [2.45, 2.75) is 12.8 Å². The van der Waals surface area contributed by atoms with Crippen molar-refractivity contribution in [2.75, 3.05) is 11.9 Å². The molecule has 0 radical (unpaired) electrons. The number of halogens is 1. The molecule has 1 amide bonds. The monoisotopic (exact) mass is 252 g/mol. The SMILES string of the molecule is CN(C(=O)C1(C(N)=S)CC1)c1ccccc1F. The van der Waals surface area contributed by atoms with E-state index in [1.165, 1.54) is 11.0 Å². The Balaban J connectivity index is 2.28. The van der Waals surface area contributed by atoms with Crippen LogP contribution in [0.5, 0.6) is 0 Å². The Morgan fingerprint density at radius 3 is 2.53 bits per heavy atom. The summed E-state index contributed by atoms with van der Waals surface area (Å²) >= 11 is 4.91. The fraction of sp³-hybridized carbons (Fsp3) is 0.333. The van der Waals surface area contributed by atoms with Crippen LogP contribution in [-0.4, -0.2) is 17.9 Å². The second-order valence-corrected chi connectivity index (χ2v) is 4.70.